The molecule has 2 aromatic carbocycles. The molecule has 0 aliphatic heterocycles. The van der Waals surface area contributed by atoms with Gasteiger partial charge in [0.25, 0.3) is 0 Å². The highest BCUT2D eigenvalue weighted by molar-refractivity contribution is 7.92. The van der Waals surface area contributed by atoms with Gasteiger partial charge in [-0.05, 0) is 57.0 Å². The van der Waals surface area contributed by atoms with Crippen molar-refractivity contribution in [3.8, 4) is 0 Å². The van der Waals surface area contributed by atoms with Gasteiger partial charge in [0.05, 0.1) is 32.0 Å². The summed E-state index contributed by atoms with van der Waals surface area (Å²) in [5.41, 5.74) is 0.128. The molecule has 1 atom stereocenters. The van der Waals surface area contributed by atoms with Gasteiger partial charge in [-0.25, -0.2) is 8.42 Å². The fourth-order valence-corrected chi connectivity index (χ4v) is 5.11. The Hall–Kier alpha value is -1.71. The quantitative estimate of drug-likeness (QED) is 0.397. The molecular formula is C24H29Cl4N3O4S. The molecule has 198 valence electrons. The number of nitrogens with one attached hydrogen (secondary N) is 1. The van der Waals surface area contributed by atoms with Gasteiger partial charge in [0.1, 0.15) is 12.6 Å². The van der Waals surface area contributed by atoms with Crippen LogP contribution in [0.15, 0.2) is 36.4 Å². The maximum absolute atomic E-state index is 13.7. The van der Waals surface area contributed by atoms with Gasteiger partial charge in [-0.2, -0.15) is 0 Å². The van der Waals surface area contributed by atoms with Crippen molar-refractivity contribution in [1.82, 2.24) is 10.2 Å². The number of rotatable bonds is 9. The molecule has 0 unspecified atom stereocenters. The molecule has 36 heavy (non-hydrogen) atoms. The first kappa shape index (κ1) is 30.5. The topological polar surface area (TPSA) is 86.8 Å². The molecule has 2 amide bonds. The van der Waals surface area contributed by atoms with Crippen LogP contribution in [0.1, 0.15) is 39.7 Å². The van der Waals surface area contributed by atoms with Crippen LogP contribution in [0.3, 0.4) is 0 Å². The molecule has 0 aromatic heterocycles. The van der Waals surface area contributed by atoms with Crippen LogP contribution in [-0.4, -0.2) is 49.5 Å². The summed E-state index contributed by atoms with van der Waals surface area (Å²) in [7, 11) is -3.95. The molecule has 0 aliphatic rings. The molecular weight excluding hydrogens is 568 g/mol. The van der Waals surface area contributed by atoms with Crippen LogP contribution in [-0.2, 0) is 26.2 Å². The first-order chi connectivity index (χ1) is 16.5. The van der Waals surface area contributed by atoms with Crippen LogP contribution in [0.4, 0.5) is 5.69 Å². The SMILES string of the molecule is CC[C@H](C(=O)NC(C)(C)C)N(Cc1ccc(Cl)c(Cl)c1)C(=O)CN(c1cccc(Cl)c1Cl)S(C)(=O)=O. The minimum Gasteiger partial charge on any atom is -0.350 e. The van der Waals surface area contributed by atoms with Gasteiger partial charge in [-0.1, -0.05) is 65.5 Å². The summed E-state index contributed by atoms with van der Waals surface area (Å²) in [6, 6.07) is 8.48. The van der Waals surface area contributed by atoms with Crippen LogP contribution >= 0.6 is 46.4 Å². The number of halogens is 4. The van der Waals surface area contributed by atoms with E-state index in [4.69, 9.17) is 46.4 Å². The molecule has 0 radical (unpaired) electrons. The predicted octanol–water partition coefficient (Wildman–Crippen LogP) is 5.79. The van der Waals surface area contributed by atoms with E-state index in [-0.39, 0.29) is 39.6 Å². The average Bonchev–Trinajstić information content (AvgIpc) is 2.74. The number of carbonyl (C=O) groups excluding carboxylic acids is 2. The number of sulfonamides is 1. The lowest BCUT2D eigenvalue weighted by atomic mass is 10.1. The van der Waals surface area contributed by atoms with Gasteiger partial charge >= 0.3 is 0 Å². The molecule has 2 aromatic rings. The van der Waals surface area contributed by atoms with Crippen molar-refractivity contribution in [2.24, 2.45) is 0 Å². The Morgan fingerprint density at radius 2 is 1.64 bits per heavy atom. The average molecular weight is 597 g/mol. The molecule has 7 nitrogen and oxygen atoms in total. The molecule has 0 saturated heterocycles. The number of amides is 2. The summed E-state index contributed by atoms with van der Waals surface area (Å²) in [5.74, 6) is -0.983. The van der Waals surface area contributed by atoms with Crippen LogP contribution in [0, 0.1) is 0 Å². The van der Waals surface area contributed by atoms with Crippen molar-refractivity contribution in [3.05, 3.63) is 62.1 Å². The van der Waals surface area contributed by atoms with Gasteiger partial charge in [-0.15, -0.1) is 0 Å². The number of benzene rings is 2. The van der Waals surface area contributed by atoms with E-state index >= 15 is 0 Å². The van der Waals surface area contributed by atoms with E-state index in [1.54, 1.807) is 25.1 Å². The zero-order valence-corrected chi connectivity index (χ0v) is 24.5. The number of carbonyl (C=O) groups is 2. The number of hydrogen-bond acceptors (Lipinski definition) is 4. The summed E-state index contributed by atoms with van der Waals surface area (Å²) in [6.07, 6.45) is 1.25. The van der Waals surface area contributed by atoms with E-state index in [1.165, 1.54) is 23.1 Å². The maximum Gasteiger partial charge on any atom is 0.244 e. The van der Waals surface area contributed by atoms with E-state index < -0.39 is 34.1 Å². The number of nitrogens with zero attached hydrogens (tertiary/aromatic N) is 2. The smallest absolute Gasteiger partial charge is 0.244 e. The van der Waals surface area contributed by atoms with Gasteiger partial charge in [0.2, 0.25) is 21.8 Å². The van der Waals surface area contributed by atoms with E-state index in [0.717, 1.165) is 10.6 Å². The standard InChI is InChI=1S/C24H29Cl4N3O4S/c1-6-19(23(33)29-24(2,3)4)30(13-15-10-11-16(25)18(27)12-15)21(32)14-31(36(5,34)35)20-9-7-8-17(26)22(20)28/h7-12,19H,6,13-14H2,1-5H3,(H,29,33)/t19-/m1/s1. The van der Waals surface area contributed by atoms with E-state index in [1.807, 2.05) is 20.8 Å². The summed E-state index contributed by atoms with van der Waals surface area (Å²) in [5, 5.41) is 3.65. The minimum atomic E-state index is -3.95. The lowest BCUT2D eigenvalue weighted by Gasteiger charge is -2.34. The van der Waals surface area contributed by atoms with Crippen LogP contribution in [0.2, 0.25) is 20.1 Å². The van der Waals surface area contributed by atoms with Crippen LogP contribution < -0.4 is 9.62 Å². The van der Waals surface area contributed by atoms with Crippen molar-refractivity contribution in [2.75, 3.05) is 17.1 Å². The maximum atomic E-state index is 13.7. The summed E-state index contributed by atoms with van der Waals surface area (Å²) in [4.78, 5) is 28.2. The van der Waals surface area contributed by atoms with E-state index in [9.17, 15) is 18.0 Å². The van der Waals surface area contributed by atoms with Crippen molar-refractivity contribution in [3.63, 3.8) is 0 Å². The Kier molecular flexibility index (Phi) is 10.4. The van der Waals surface area contributed by atoms with Crippen molar-refractivity contribution >= 4 is 73.9 Å². The van der Waals surface area contributed by atoms with Crippen LogP contribution in [0.25, 0.3) is 0 Å². The second-order valence-corrected chi connectivity index (χ2v) is 12.8. The number of anilines is 1. The van der Waals surface area contributed by atoms with Crippen molar-refractivity contribution in [1.29, 1.82) is 0 Å². The Morgan fingerprint density at radius 1 is 1.00 bits per heavy atom. The van der Waals surface area contributed by atoms with Crippen LogP contribution in [0.5, 0.6) is 0 Å². The molecule has 0 aliphatic carbocycles. The largest absolute Gasteiger partial charge is 0.350 e. The number of hydrogen-bond donors (Lipinski definition) is 1. The van der Waals surface area contributed by atoms with Gasteiger partial charge in [0.15, 0.2) is 0 Å². The third-order valence-electron chi connectivity index (χ3n) is 5.10. The highest BCUT2D eigenvalue weighted by Gasteiger charge is 2.33. The molecule has 0 bridgehead atoms. The van der Waals surface area contributed by atoms with Gasteiger partial charge in [-0.3, -0.25) is 13.9 Å². The normalized spacial score (nSPS) is 12.7. The zero-order valence-electron chi connectivity index (χ0n) is 20.6. The predicted molar refractivity (Wildman–Crippen MR) is 148 cm³/mol. The summed E-state index contributed by atoms with van der Waals surface area (Å²) in [6.45, 7) is 6.65. The van der Waals surface area contributed by atoms with Gasteiger partial charge in [0, 0.05) is 12.1 Å². The monoisotopic (exact) mass is 595 g/mol. The second-order valence-electron chi connectivity index (χ2n) is 9.28. The zero-order chi connectivity index (χ0) is 27.4. The third-order valence-corrected chi connectivity index (χ3v) is 7.77. The molecule has 0 spiro atoms. The first-order valence-corrected chi connectivity index (χ1v) is 14.4. The summed E-state index contributed by atoms with van der Waals surface area (Å²) >= 11 is 24.6. The lowest BCUT2D eigenvalue weighted by molar-refractivity contribution is -0.141. The van der Waals surface area contributed by atoms with Crippen molar-refractivity contribution < 1.29 is 18.0 Å². The van der Waals surface area contributed by atoms with Gasteiger partial charge < -0.3 is 10.2 Å². The minimum absolute atomic E-state index is 0.00727. The summed E-state index contributed by atoms with van der Waals surface area (Å²) < 4.78 is 26.3. The Labute approximate surface area is 232 Å². The highest BCUT2D eigenvalue weighted by atomic mass is 35.5. The molecule has 12 heteroatoms. The molecule has 0 heterocycles. The fraction of sp³-hybridized carbons (Fsp3) is 0.417. The second kappa shape index (κ2) is 12.2. The first-order valence-electron chi connectivity index (χ1n) is 11.0. The highest BCUT2D eigenvalue weighted by Crippen LogP contribution is 2.34. The fourth-order valence-electron chi connectivity index (χ4n) is 3.49. The molecule has 0 fully saturated rings. The Bertz CT molecular complexity index is 1230. The van der Waals surface area contributed by atoms with E-state index in [0.29, 0.717) is 10.6 Å². The van der Waals surface area contributed by atoms with E-state index in [2.05, 4.69) is 5.32 Å². The lowest BCUT2D eigenvalue weighted by Crippen LogP contribution is -2.55. The Balaban J connectivity index is 2.53. The molecule has 1 N–H and O–H groups in total. The van der Waals surface area contributed by atoms with Crippen molar-refractivity contribution in [2.45, 2.75) is 52.2 Å². The molecule has 0 saturated carbocycles. The third kappa shape index (κ3) is 8.15. The Morgan fingerprint density at radius 3 is 2.17 bits per heavy atom. The molecule has 2 rings (SSSR count).